The van der Waals surface area contributed by atoms with Crippen molar-refractivity contribution in [1.29, 1.82) is 0 Å². The largest absolute Gasteiger partial charge is 0.370 e. The van der Waals surface area contributed by atoms with Crippen molar-refractivity contribution in [3.8, 4) is 23.2 Å². The summed E-state index contributed by atoms with van der Waals surface area (Å²) in [5.74, 6) is 7.66. The molecule has 6 rings (SSSR count). The van der Waals surface area contributed by atoms with Gasteiger partial charge in [0, 0.05) is 44.8 Å². The van der Waals surface area contributed by atoms with E-state index in [-0.39, 0.29) is 5.25 Å². The Hall–Kier alpha value is -4.31. The van der Waals surface area contributed by atoms with Crippen molar-refractivity contribution in [2.75, 3.05) is 23.3 Å². The van der Waals surface area contributed by atoms with Crippen molar-refractivity contribution in [1.82, 2.24) is 33.9 Å². The van der Waals surface area contributed by atoms with Crippen molar-refractivity contribution in [3.05, 3.63) is 60.4 Å². The molecule has 1 saturated heterocycles. The van der Waals surface area contributed by atoms with Crippen LogP contribution in [0.1, 0.15) is 36.8 Å². The number of alkyl halides is 1. The van der Waals surface area contributed by atoms with E-state index in [4.69, 9.17) is 0 Å². The zero-order chi connectivity index (χ0) is 27.0. The smallest absolute Gasteiger partial charge is 0.256 e. The summed E-state index contributed by atoms with van der Waals surface area (Å²) in [4.78, 5) is 15.5. The lowest BCUT2D eigenvalue weighted by Crippen LogP contribution is -2.34. The number of pyridine rings is 1. The lowest BCUT2D eigenvalue weighted by molar-refractivity contribution is 0.277. The van der Waals surface area contributed by atoms with Crippen LogP contribution in [0, 0.1) is 11.8 Å². The number of halogens is 1. The molecule has 4 aromatic heterocycles. The summed E-state index contributed by atoms with van der Waals surface area (Å²) >= 11 is 0. The van der Waals surface area contributed by atoms with Crippen LogP contribution in [-0.2, 0) is 17.1 Å². The molecule has 5 heterocycles. The van der Waals surface area contributed by atoms with Gasteiger partial charge in [-0.15, -0.1) is 0 Å². The van der Waals surface area contributed by atoms with Gasteiger partial charge in [-0.05, 0) is 31.7 Å². The van der Waals surface area contributed by atoms with Crippen molar-refractivity contribution < 1.29 is 12.8 Å². The normalized spacial score (nSPS) is 16.1. The third kappa shape index (κ3) is 5.46. The zero-order valence-corrected chi connectivity index (χ0v) is 22.0. The van der Waals surface area contributed by atoms with Crippen LogP contribution in [0.15, 0.2) is 49.3 Å². The van der Waals surface area contributed by atoms with Gasteiger partial charge in [0.25, 0.3) is 10.0 Å². The molecule has 0 atom stereocenters. The maximum Gasteiger partial charge on any atom is 0.256 e. The van der Waals surface area contributed by atoms with Crippen LogP contribution in [-0.4, -0.2) is 66.8 Å². The average Bonchev–Trinajstić information content (AvgIpc) is 3.53. The standard InChI is InChI=1S/C26H26FN9O2S/c1-34-16-18(13-30-34)2-3-19-14-29-25(12-23(19)35-10-7-21(27)8-11-35)32-24-6-9-28-26(33-24)20-15-31-36(17-20)39(37,38)22-4-5-22/h6,9,12-17,21-22H,4-5,7-8,10-11H2,1H3,(H,28,29,32,33). The number of nitrogens with zero attached hydrogens (tertiary/aromatic N) is 8. The van der Waals surface area contributed by atoms with E-state index in [9.17, 15) is 12.8 Å². The Morgan fingerprint density at radius 2 is 1.82 bits per heavy atom. The zero-order valence-electron chi connectivity index (χ0n) is 21.2. The van der Waals surface area contributed by atoms with Gasteiger partial charge < -0.3 is 10.2 Å². The quantitative estimate of drug-likeness (QED) is 0.363. The minimum absolute atomic E-state index is 0.335. The highest BCUT2D eigenvalue weighted by Gasteiger charge is 2.37. The molecule has 2 aliphatic rings. The summed E-state index contributed by atoms with van der Waals surface area (Å²) < 4.78 is 41.5. The van der Waals surface area contributed by atoms with E-state index >= 15 is 0 Å². The fourth-order valence-electron chi connectivity index (χ4n) is 4.36. The van der Waals surface area contributed by atoms with Crippen molar-refractivity contribution in [2.45, 2.75) is 37.1 Å². The van der Waals surface area contributed by atoms with E-state index in [1.54, 1.807) is 29.3 Å². The van der Waals surface area contributed by atoms with Crippen LogP contribution in [0.3, 0.4) is 0 Å². The molecule has 13 heteroatoms. The summed E-state index contributed by atoms with van der Waals surface area (Å²) in [6.07, 6.45) is 11.1. The first-order valence-corrected chi connectivity index (χ1v) is 14.1. The van der Waals surface area contributed by atoms with Gasteiger partial charge >= 0.3 is 0 Å². The van der Waals surface area contributed by atoms with Gasteiger partial charge in [-0.2, -0.15) is 14.3 Å². The van der Waals surface area contributed by atoms with E-state index in [2.05, 4.69) is 47.2 Å². The fourth-order valence-corrected chi connectivity index (χ4v) is 5.84. The number of aromatic nitrogens is 7. The van der Waals surface area contributed by atoms with E-state index in [1.807, 2.05) is 19.3 Å². The Labute approximate surface area is 225 Å². The Balaban J connectivity index is 1.27. The lowest BCUT2D eigenvalue weighted by atomic mass is 10.1. The molecular formula is C26H26FN9O2S. The number of rotatable bonds is 6. The molecule has 2 fully saturated rings. The number of anilines is 3. The first-order chi connectivity index (χ1) is 18.8. The van der Waals surface area contributed by atoms with Gasteiger partial charge in [0.05, 0.1) is 46.2 Å². The van der Waals surface area contributed by atoms with Crippen molar-refractivity contribution >= 4 is 27.3 Å². The van der Waals surface area contributed by atoms with Gasteiger partial charge in [-0.25, -0.2) is 27.8 Å². The average molecular weight is 548 g/mol. The van der Waals surface area contributed by atoms with Crippen LogP contribution >= 0.6 is 0 Å². The summed E-state index contributed by atoms with van der Waals surface area (Å²) in [5, 5.41) is 11.0. The maximum absolute atomic E-state index is 13.9. The van der Waals surface area contributed by atoms with Gasteiger partial charge in [0.1, 0.15) is 17.8 Å². The Kier molecular flexibility index (Phi) is 6.48. The predicted molar refractivity (Wildman–Crippen MR) is 144 cm³/mol. The molecule has 1 N–H and O–H groups in total. The summed E-state index contributed by atoms with van der Waals surface area (Å²) in [6.45, 7) is 1.16. The molecule has 11 nitrogen and oxygen atoms in total. The molecule has 39 heavy (non-hydrogen) atoms. The van der Waals surface area contributed by atoms with Crippen LogP contribution in [0.4, 0.5) is 21.7 Å². The number of piperidine rings is 1. The van der Waals surface area contributed by atoms with E-state index < -0.39 is 16.2 Å². The highest BCUT2D eigenvalue weighted by molar-refractivity contribution is 7.90. The van der Waals surface area contributed by atoms with Crippen LogP contribution in [0.25, 0.3) is 11.4 Å². The monoisotopic (exact) mass is 547 g/mol. The molecule has 0 amide bonds. The second-order valence-electron chi connectivity index (χ2n) is 9.64. The SMILES string of the molecule is Cn1cc(C#Cc2cnc(Nc3ccnc(-c4cnn(S(=O)(=O)C5CC5)c4)n3)cc2N2CCC(F)CC2)cn1. The lowest BCUT2D eigenvalue weighted by Gasteiger charge is -2.31. The number of aryl methyl sites for hydroxylation is 1. The Morgan fingerprint density at radius 3 is 2.56 bits per heavy atom. The minimum atomic E-state index is -3.48. The second-order valence-corrected chi connectivity index (χ2v) is 11.7. The first kappa shape index (κ1) is 25.0. The molecule has 0 radical (unpaired) electrons. The third-order valence-electron chi connectivity index (χ3n) is 6.63. The van der Waals surface area contributed by atoms with Crippen molar-refractivity contribution in [3.63, 3.8) is 0 Å². The molecule has 0 aromatic carbocycles. The molecule has 0 bridgehead atoms. The molecule has 1 aliphatic carbocycles. The highest BCUT2D eigenvalue weighted by Crippen LogP contribution is 2.31. The molecular weight excluding hydrogens is 521 g/mol. The number of hydrogen-bond acceptors (Lipinski definition) is 9. The highest BCUT2D eigenvalue weighted by atomic mass is 32.2. The Bertz CT molecular complexity index is 1680. The molecule has 0 unspecified atom stereocenters. The third-order valence-corrected chi connectivity index (χ3v) is 8.67. The van der Waals surface area contributed by atoms with Crippen LogP contribution < -0.4 is 10.2 Å². The molecule has 1 saturated carbocycles. The van der Waals surface area contributed by atoms with E-state index in [0.29, 0.717) is 61.8 Å². The van der Waals surface area contributed by atoms with Gasteiger partial charge in [0.15, 0.2) is 5.82 Å². The second kappa shape index (κ2) is 10.1. The fraction of sp³-hybridized carbons (Fsp3) is 0.346. The Morgan fingerprint density at radius 1 is 1.00 bits per heavy atom. The van der Waals surface area contributed by atoms with Gasteiger partial charge in [-0.3, -0.25) is 4.68 Å². The minimum Gasteiger partial charge on any atom is -0.370 e. The number of nitrogens with one attached hydrogen (secondary N) is 1. The number of hydrogen-bond donors (Lipinski definition) is 1. The topological polar surface area (TPSA) is 124 Å². The molecule has 0 spiro atoms. The van der Waals surface area contributed by atoms with E-state index in [0.717, 1.165) is 20.9 Å². The molecule has 4 aromatic rings. The molecule has 200 valence electrons. The van der Waals surface area contributed by atoms with Crippen molar-refractivity contribution in [2.24, 2.45) is 7.05 Å². The van der Waals surface area contributed by atoms with E-state index in [1.165, 1.54) is 12.4 Å². The summed E-state index contributed by atoms with van der Waals surface area (Å²) in [6, 6.07) is 3.58. The predicted octanol–water partition coefficient (Wildman–Crippen LogP) is 2.89. The van der Waals surface area contributed by atoms with Gasteiger partial charge in [0.2, 0.25) is 0 Å². The maximum atomic E-state index is 13.9. The van der Waals surface area contributed by atoms with Crippen LogP contribution in [0.2, 0.25) is 0 Å². The van der Waals surface area contributed by atoms with Gasteiger partial charge in [-0.1, -0.05) is 11.8 Å². The first-order valence-electron chi connectivity index (χ1n) is 12.6. The summed E-state index contributed by atoms with van der Waals surface area (Å²) in [5.41, 5.74) is 2.87. The summed E-state index contributed by atoms with van der Waals surface area (Å²) in [7, 11) is -1.64. The van der Waals surface area contributed by atoms with Crippen LogP contribution in [0.5, 0.6) is 0 Å². The molecule has 1 aliphatic heterocycles.